The maximum Gasteiger partial charge on any atom is 0.187 e. The van der Waals surface area contributed by atoms with Crippen molar-refractivity contribution in [2.24, 2.45) is 17.2 Å². The van der Waals surface area contributed by atoms with E-state index in [2.05, 4.69) is 14.5 Å². The third kappa shape index (κ3) is 9.65. The van der Waals surface area contributed by atoms with Gasteiger partial charge in [-0.15, -0.1) is 0 Å². The maximum atomic E-state index is 13.3. The lowest BCUT2D eigenvalue weighted by atomic mass is 9.82. The lowest BCUT2D eigenvalue weighted by Crippen LogP contribution is -2.28. The van der Waals surface area contributed by atoms with E-state index in [0.29, 0.717) is 56.5 Å². The summed E-state index contributed by atoms with van der Waals surface area (Å²) in [5, 5.41) is 0. The summed E-state index contributed by atoms with van der Waals surface area (Å²) < 4.78 is 58.2. The Morgan fingerprint density at radius 2 is 0.667 bits per heavy atom. The van der Waals surface area contributed by atoms with Gasteiger partial charge < -0.3 is 31.4 Å². The molecule has 6 aromatic carbocycles. The van der Waals surface area contributed by atoms with Gasteiger partial charge in [-0.1, -0.05) is 91.0 Å². The van der Waals surface area contributed by atoms with Crippen LogP contribution in [0.25, 0.3) is 14.5 Å². The second-order valence-corrected chi connectivity index (χ2v) is 16.4. The standard InChI is InChI=1S/3C18H17FN2O/c3*1-21-16-7-8-17-13(11-16)12-22-18(17,9-2-10-20)14-3-5-15(19)6-4-14/h3*3-8,11H,2,9-10,12,20H2/t2*18-;/m10./s1. The Kier molecular flexibility index (Phi) is 15.1. The zero-order valence-electron chi connectivity index (χ0n) is 36.5. The van der Waals surface area contributed by atoms with Crippen molar-refractivity contribution in [1.82, 2.24) is 0 Å². The first-order valence-corrected chi connectivity index (χ1v) is 21.9. The van der Waals surface area contributed by atoms with Gasteiger partial charge in [0.05, 0.1) is 39.5 Å². The van der Waals surface area contributed by atoms with Gasteiger partial charge in [-0.2, -0.15) is 0 Å². The zero-order valence-corrected chi connectivity index (χ0v) is 36.5. The highest BCUT2D eigenvalue weighted by atomic mass is 19.1. The highest BCUT2D eigenvalue weighted by Crippen LogP contribution is 2.49. The monoisotopic (exact) mass is 888 g/mol. The number of hydrogen-bond donors (Lipinski definition) is 3. The van der Waals surface area contributed by atoms with E-state index in [1.54, 1.807) is 54.6 Å². The lowest BCUT2D eigenvalue weighted by molar-refractivity contribution is -0.0127. The second-order valence-electron chi connectivity index (χ2n) is 16.4. The Labute approximate surface area is 384 Å². The summed E-state index contributed by atoms with van der Waals surface area (Å²) in [4.78, 5) is 10.4. The third-order valence-electron chi connectivity index (χ3n) is 12.5. The van der Waals surface area contributed by atoms with Crippen LogP contribution < -0.4 is 17.2 Å². The highest BCUT2D eigenvalue weighted by Gasteiger charge is 2.43. The molecule has 12 heteroatoms. The van der Waals surface area contributed by atoms with Gasteiger partial charge in [0.25, 0.3) is 0 Å². The topological polar surface area (TPSA) is 119 Å². The molecule has 0 bridgehead atoms. The Balaban J connectivity index is 0.000000147. The summed E-state index contributed by atoms with van der Waals surface area (Å²) >= 11 is 0. The molecule has 336 valence electrons. The highest BCUT2D eigenvalue weighted by molar-refractivity contribution is 5.57. The summed E-state index contributed by atoms with van der Waals surface area (Å²) in [6, 6.07) is 36.2. The second kappa shape index (κ2) is 21.1. The normalized spacial score (nSPS) is 19.7. The number of nitrogens with two attached hydrogens (primary N) is 3. The van der Waals surface area contributed by atoms with Crippen molar-refractivity contribution in [3.05, 3.63) is 229 Å². The van der Waals surface area contributed by atoms with Gasteiger partial charge >= 0.3 is 0 Å². The number of hydrogen-bond acceptors (Lipinski definition) is 6. The minimum atomic E-state index is -0.594. The number of nitrogens with zero attached hydrogens (tertiary/aromatic N) is 3. The minimum Gasteiger partial charge on any atom is -0.361 e. The first-order valence-electron chi connectivity index (χ1n) is 21.9. The Morgan fingerprint density at radius 3 is 0.894 bits per heavy atom. The number of fused-ring (bicyclic) bond motifs is 3. The van der Waals surface area contributed by atoms with Crippen molar-refractivity contribution < 1.29 is 27.4 Å². The molecule has 0 saturated heterocycles. The fraction of sp³-hybridized carbons (Fsp3) is 0.278. The van der Waals surface area contributed by atoms with Crippen molar-refractivity contribution in [1.29, 1.82) is 0 Å². The molecule has 0 aliphatic carbocycles. The molecule has 66 heavy (non-hydrogen) atoms. The van der Waals surface area contributed by atoms with Crippen LogP contribution in [0.5, 0.6) is 0 Å². The number of rotatable bonds is 12. The Morgan fingerprint density at radius 1 is 0.409 bits per heavy atom. The fourth-order valence-electron chi connectivity index (χ4n) is 9.31. The summed E-state index contributed by atoms with van der Waals surface area (Å²) in [7, 11) is 0. The van der Waals surface area contributed by atoms with Crippen molar-refractivity contribution >= 4 is 17.1 Å². The molecule has 9 rings (SSSR count). The van der Waals surface area contributed by atoms with Crippen molar-refractivity contribution in [3.8, 4) is 0 Å². The number of ether oxygens (including phenoxy) is 3. The van der Waals surface area contributed by atoms with Gasteiger partial charge in [-0.05, 0) is 145 Å². The van der Waals surface area contributed by atoms with Gasteiger partial charge in [0.2, 0.25) is 0 Å². The summed E-state index contributed by atoms with van der Waals surface area (Å²) in [6.07, 6.45) is 4.63. The van der Waals surface area contributed by atoms with Gasteiger partial charge in [-0.25, -0.2) is 27.7 Å². The van der Waals surface area contributed by atoms with Crippen LogP contribution in [0.1, 0.15) is 88.6 Å². The van der Waals surface area contributed by atoms with Gasteiger partial charge in [0.1, 0.15) is 34.3 Å². The molecule has 6 N–H and O–H groups in total. The maximum absolute atomic E-state index is 13.3. The van der Waals surface area contributed by atoms with Crippen LogP contribution in [-0.4, -0.2) is 19.6 Å². The first kappa shape index (κ1) is 47.3. The van der Waals surface area contributed by atoms with Gasteiger partial charge in [0.15, 0.2) is 17.1 Å². The summed E-state index contributed by atoms with van der Waals surface area (Å²) in [6.45, 7) is 24.5. The van der Waals surface area contributed by atoms with E-state index in [1.807, 2.05) is 36.4 Å². The molecular weight excluding hydrogens is 838 g/mol. The lowest BCUT2D eigenvalue weighted by Gasteiger charge is -2.30. The molecule has 0 radical (unpaired) electrons. The summed E-state index contributed by atoms with van der Waals surface area (Å²) in [5.74, 6) is -0.794. The van der Waals surface area contributed by atoms with Gasteiger partial charge in [0, 0.05) is 0 Å². The number of benzene rings is 6. The molecule has 9 nitrogen and oxygen atoms in total. The zero-order chi connectivity index (χ0) is 46.7. The molecule has 3 aliphatic rings. The van der Waals surface area contributed by atoms with E-state index in [4.69, 9.17) is 51.1 Å². The fourth-order valence-corrected chi connectivity index (χ4v) is 9.31. The van der Waals surface area contributed by atoms with Crippen LogP contribution in [-0.2, 0) is 50.8 Å². The molecule has 0 aromatic heterocycles. The van der Waals surface area contributed by atoms with E-state index in [-0.39, 0.29) is 17.5 Å². The van der Waals surface area contributed by atoms with E-state index in [9.17, 15) is 13.2 Å². The van der Waals surface area contributed by atoms with E-state index in [1.165, 1.54) is 36.4 Å². The van der Waals surface area contributed by atoms with Crippen LogP contribution in [0.15, 0.2) is 127 Å². The van der Waals surface area contributed by atoms with Crippen LogP contribution in [0.2, 0.25) is 0 Å². The molecule has 0 spiro atoms. The molecule has 0 fully saturated rings. The van der Waals surface area contributed by atoms with Crippen LogP contribution in [0.4, 0.5) is 30.2 Å². The van der Waals surface area contributed by atoms with E-state index < -0.39 is 16.8 Å². The van der Waals surface area contributed by atoms with Crippen molar-refractivity contribution in [3.63, 3.8) is 0 Å². The van der Waals surface area contributed by atoms with Crippen molar-refractivity contribution in [2.45, 2.75) is 75.1 Å². The smallest absolute Gasteiger partial charge is 0.187 e. The predicted octanol–water partition coefficient (Wildman–Crippen LogP) is 11.7. The third-order valence-corrected chi connectivity index (χ3v) is 12.5. The van der Waals surface area contributed by atoms with Crippen LogP contribution >= 0.6 is 0 Å². The molecule has 3 aliphatic heterocycles. The Bertz CT molecular complexity index is 2460. The van der Waals surface area contributed by atoms with Crippen LogP contribution in [0, 0.1) is 37.2 Å². The number of halogens is 3. The molecule has 1 unspecified atom stereocenters. The minimum absolute atomic E-state index is 0.265. The largest absolute Gasteiger partial charge is 0.361 e. The first-order chi connectivity index (χ1) is 32.1. The molecular formula is C54H51F3N6O3. The van der Waals surface area contributed by atoms with Crippen molar-refractivity contribution in [2.75, 3.05) is 19.6 Å². The molecule has 3 atom stereocenters. The van der Waals surface area contributed by atoms with Crippen LogP contribution in [0.3, 0.4) is 0 Å². The SMILES string of the molecule is [C-]#[N+]c1ccc2c(c1)COC2(CCCN)c1ccc(F)cc1.[C-]#[N+]c1ccc2c(c1)CO[C@@]2(CCCN)c1ccc(F)cc1.[C-]#[N+]c1ccc2c(c1)CO[C@]2(CCCN)c1ccc(F)cc1. The Hall–Kier alpha value is -6.66. The molecule has 6 aromatic rings. The average molecular weight is 889 g/mol. The molecule has 0 amide bonds. The average Bonchev–Trinajstić information content (AvgIpc) is 4.05. The van der Waals surface area contributed by atoms with Gasteiger partial charge in [-0.3, -0.25) is 0 Å². The molecule has 3 heterocycles. The predicted molar refractivity (Wildman–Crippen MR) is 249 cm³/mol. The van der Waals surface area contributed by atoms with E-state index in [0.717, 1.165) is 88.6 Å². The quantitative estimate of drug-likeness (QED) is 0.105. The van der Waals surface area contributed by atoms with E-state index >= 15 is 0 Å². The molecule has 0 saturated carbocycles. The summed E-state index contributed by atoms with van der Waals surface area (Å²) in [5.41, 5.74) is 26.1.